The van der Waals surface area contributed by atoms with Gasteiger partial charge < -0.3 is 9.73 Å². The van der Waals surface area contributed by atoms with Crippen LogP contribution in [0, 0.1) is 6.92 Å². The molecule has 110 valence electrons. The molecule has 1 aromatic carbocycles. The highest BCUT2D eigenvalue weighted by atomic mass is 16.3. The first-order chi connectivity index (χ1) is 10.6. The van der Waals surface area contributed by atoms with E-state index < -0.39 is 5.92 Å². The molecule has 0 bridgehead atoms. The number of hydrogen-bond acceptors (Lipinski definition) is 4. The Morgan fingerprint density at radius 1 is 1.36 bits per heavy atom. The number of carbonyl (C=O) groups excluding carboxylic acids is 2. The van der Waals surface area contributed by atoms with Crippen molar-refractivity contribution < 1.29 is 14.0 Å². The molecule has 0 spiro atoms. The van der Waals surface area contributed by atoms with Gasteiger partial charge in [0, 0.05) is 23.1 Å². The number of amides is 1. The van der Waals surface area contributed by atoms with Gasteiger partial charge >= 0.3 is 0 Å². The smallest absolute Gasteiger partial charge is 0.226 e. The van der Waals surface area contributed by atoms with Gasteiger partial charge in [0.05, 0.1) is 5.92 Å². The Hall–Kier alpha value is -2.89. The summed E-state index contributed by atoms with van der Waals surface area (Å²) in [6.07, 6.45) is 0.100. The van der Waals surface area contributed by atoms with Crippen molar-refractivity contribution in [2.75, 3.05) is 5.32 Å². The van der Waals surface area contributed by atoms with Crippen molar-refractivity contribution >= 4 is 28.5 Å². The van der Waals surface area contributed by atoms with Crippen LogP contribution in [0.4, 0.5) is 5.82 Å². The van der Waals surface area contributed by atoms with Crippen LogP contribution >= 0.6 is 0 Å². The zero-order valence-corrected chi connectivity index (χ0v) is 11.8. The number of carbonyl (C=O) groups is 2. The number of nitrogens with one attached hydrogen (secondary N) is 2. The Morgan fingerprint density at radius 2 is 2.18 bits per heavy atom. The number of hydrogen-bond donors (Lipinski definition) is 2. The van der Waals surface area contributed by atoms with E-state index in [1.165, 1.54) is 0 Å². The Balaban J connectivity index is 1.79. The van der Waals surface area contributed by atoms with Crippen molar-refractivity contribution in [2.24, 2.45) is 0 Å². The highest BCUT2D eigenvalue weighted by Gasteiger charge is 2.35. The minimum absolute atomic E-state index is 0.100. The van der Waals surface area contributed by atoms with E-state index in [9.17, 15) is 9.59 Å². The van der Waals surface area contributed by atoms with Crippen LogP contribution in [0.1, 0.15) is 34.2 Å². The number of aryl methyl sites for hydroxylation is 1. The van der Waals surface area contributed by atoms with Crippen LogP contribution in [-0.2, 0) is 4.79 Å². The van der Waals surface area contributed by atoms with E-state index in [1.807, 2.05) is 31.2 Å². The summed E-state index contributed by atoms with van der Waals surface area (Å²) < 4.78 is 5.64. The number of aromatic nitrogens is 2. The third-order valence-electron chi connectivity index (χ3n) is 3.98. The SMILES string of the molecule is Cc1[nH]nc2c1[C@H](C(=O)c1cc3ccccc3o1)CC(=O)N2. The molecule has 0 saturated heterocycles. The van der Waals surface area contributed by atoms with Crippen molar-refractivity contribution in [1.82, 2.24) is 10.2 Å². The predicted octanol–water partition coefficient (Wildman–Crippen LogP) is 2.77. The molecule has 0 fully saturated rings. The summed E-state index contributed by atoms with van der Waals surface area (Å²) in [6.45, 7) is 1.84. The molecule has 0 radical (unpaired) electrons. The van der Waals surface area contributed by atoms with E-state index in [4.69, 9.17) is 4.42 Å². The molecule has 3 aromatic rings. The average Bonchev–Trinajstić information content (AvgIpc) is 3.09. The molecule has 4 rings (SSSR count). The number of aromatic amines is 1. The Labute approximate surface area is 125 Å². The van der Waals surface area contributed by atoms with Crippen LogP contribution < -0.4 is 5.32 Å². The van der Waals surface area contributed by atoms with Crippen molar-refractivity contribution in [3.63, 3.8) is 0 Å². The fourth-order valence-electron chi connectivity index (χ4n) is 2.93. The molecule has 6 nitrogen and oxygen atoms in total. The van der Waals surface area contributed by atoms with Gasteiger partial charge in [-0.25, -0.2) is 0 Å². The number of rotatable bonds is 2. The van der Waals surface area contributed by atoms with E-state index in [0.29, 0.717) is 11.4 Å². The van der Waals surface area contributed by atoms with Crippen LogP contribution in [0.25, 0.3) is 11.0 Å². The van der Waals surface area contributed by atoms with Gasteiger partial charge in [-0.05, 0) is 19.1 Å². The molecule has 1 amide bonds. The molecule has 2 N–H and O–H groups in total. The maximum atomic E-state index is 12.8. The van der Waals surface area contributed by atoms with Gasteiger partial charge in [-0.1, -0.05) is 18.2 Å². The number of nitrogens with zero attached hydrogens (tertiary/aromatic N) is 1. The molecule has 1 aliphatic rings. The van der Waals surface area contributed by atoms with Crippen LogP contribution in [0.2, 0.25) is 0 Å². The van der Waals surface area contributed by atoms with Gasteiger partial charge in [0.1, 0.15) is 5.58 Å². The lowest BCUT2D eigenvalue weighted by molar-refractivity contribution is -0.116. The molecule has 0 unspecified atom stereocenters. The molecule has 6 heteroatoms. The Morgan fingerprint density at radius 3 is 3.00 bits per heavy atom. The quantitative estimate of drug-likeness (QED) is 0.711. The highest BCUT2D eigenvalue weighted by Crippen LogP contribution is 2.36. The second-order valence-electron chi connectivity index (χ2n) is 5.43. The van der Waals surface area contributed by atoms with Crippen molar-refractivity contribution in [3.8, 4) is 0 Å². The Kier molecular flexibility index (Phi) is 2.66. The lowest BCUT2D eigenvalue weighted by Gasteiger charge is -2.20. The lowest BCUT2D eigenvalue weighted by atomic mass is 9.87. The summed E-state index contributed by atoms with van der Waals surface area (Å²) in [4.78, 5) is 24.6. The van der Waals surface area contributed by atoms with Gasteiger partial charge in [0.2, 0.25) is 11.7 Å². The molecular weight excluding hydrogens is 282 g/mol. The number of ketones is 1. The number of furan rings is 1. The van der Waals surface area contributed by atoms with Crippen LogP contribution in [0.5, 0.6) is 0 Å². The summed E-state index contributed by atoms with van der Waals surface area (Å²) >= 11 is 0. The standard InChI is InChI=1S/C16H13N3O3/c1-8-14-10(7-13(20)17-16(14)19-18-8)15(21)12-6-9-4-2-3-5-11(9)22-12/h2-6,10H,7H2,1H3,(H2,17,18,19,20)/t10-/m1/s1. The van der Waals surface area contributed by atoms with Gasteiger partial charge in [0.15, 0.2) is 11.6 Å². The summed E-state index contributed by atoms with van der Waals surface area (Å²) in [5, 5.41) is 10.4. The summed E-state index contributed by atoms with van der Waals surface area (Å²) in [6, 6.07) is 9.16. The third-order valence-corrected chi connectivity index (χ3v) is 3.98. The second-order valence-corrected chi connectivity index (χ2v) is 5.43. The number of Topliss-reactive ketones (excluding diaryl/α,β-unsaturated/α-hetero) is 1. The van der Waals surface area contributed by atoms with E-state index in [-0.39, 0.29) is 23.9 Å². The molecule has 0 aliphatic carbocycles. The molecule has 2 aromatic heterocycles. The second kappa shape index (κ2) is 4.56. The lowest BCUT2D eigenvalue weighted by Crippen LogP contribution is -2.27. The minimum Gasteiger partial charge on any atom is -0.453 e. The number of para-hydroxylation sites is 1. The normalized spacial score (nSPS) is 17.3. The van der Waals surface area contributed by atoms with Crippen LogP contribution in [0.3, 0.4) is 0 Å². The molecule has 1 aliphatic heterocycles. The first kappa shape index (κ1) is 12.8. The Bertz CT molecular complexity index is 873. The van der Waals surface area contributed by atoms with E-state index >= 15 is 0 Å². The zero-order valence-electron chi connectivity index (χ0n) is 11.8. The first-order valence-corrected chi connectivity index (χ1v) is 7.01. The van der Waals surface area contributed by atoms with Crippen molar-refractivity contribution in [2.45, 2.75) is 19.3 Å². The fraction of sp³-hybridized carbons (Fsp3) is 0.188. The van der Waals surface area contributed by atoms with E-state index in [2.05, 4.69) is 15.5 Å². The van der Waals surface area contributed by atoms with Gasteiger partial charge in [-0.15, -0.1) is 0 Å². The van der Waals surface area contributed by atoms with Crippen LogP contribution in [-0.4, -0.2) is 21.9 Å². The number of anilines is 1. The maximum absolute atomic E-state index is 12.8. The highest BCUT2D eigenvalue weighted by molar-refractivity contribution is 6.07. The summed E-state index contributed by atoms with van der Waals surface area (Å²) in [7, 11) is 0. The van der Waals surface area contributed by atoms with Gasteiger partial charge in [-0.2, -0.15) is 5.10 Å². The molecule has 0 saturated carbocycles. The topological polar surface area (TPSA) is 88.0 Å². The summed E-state index contributed by atoms with van der Waals surface area (Å²) in [5.41, 5.74) is 2.18. The maximum Gasteiger partial charge on any atom is 0.226 e. The van der Waals surface area contributed by atoms with Gasteiger partial charge in [-0.3, -0.25) is 14.7 Å². The summed E-state index contributed by atoms with van der Waals surface area (Å²) in [5.74, 6) is -0.274. The predicted molar refractivity (Wildman–Crippen MR) is 79.9 cm³/mol. The number of H-pyrrole nitrogens is 1. The van der Waals surface area contributed by atoms with Crippen molar-refractivity contribution in [3.05, 3.63) is 47.3 Å². The number of benzene rings is 1. The number of fused-ring (bicyclic) bond motifs is 2. The third kappa shape index (κ3) is 1.84. The van der Waals surface area contributed by atoms with E-state index in [0.717, 1.165) is 16.6 Å². The van der Waals surface area contributed by atoms with Crippen LogP contribution in [0.15, 0.2) is 34.7 Å². The van der Waals surface area contributed by atoms with Crippen molar-refractivity contribution in [1.29, 1.82) is 0 Å². The molecule has 1 atom stereocenters. The molecular formula is C16H13N3O3. The van der Waals surface area contributed by atoms with E-state index in [1.54, 1.807) is 6.07 Å². The first-order valence-electron chi connectivity index (χ1n) is 7.01. The zero-order chi connectivity index (χ0) is 15.3. The van der Waals surface area contributed by atoms with Gasteiger partial charge in [0.25, 0.3) is 0 Å². The molecule has 3 heterocycles. The largest absolute Gasteiger partial charge is 0.453 e. The molecule has 22 heavy (non-hydrogen) atoms. The fourth-order valence-corrected chi connectivity index (χ4v) is 2.93. The minimum atomic E-state index is -0.567. The average molecular weight is 295 g/mol. The monoisotopic (exact) mass is 295 g/mol.